The fourth-order valence-electron chi connectivity index (χ4n) is 2.31. The summed E-state index contributed by atoms with van der Waals surface area (Å²) in [6.45, 7) is 0.302. The molecule has 0 aliphatic rings. The molecule has 2 rings (SSSR count). The summed E-state index contributed by atoms with van der Waals surface area (Å²) in [5.74, 6) is 1.91. The van der Waals surface area contributed by atoms with Gasteiger partial charge in [0.1, 0.15) is 30.3 Å². The molecule has 0 fully saturated rings. The fraction of sp³-hybridized carbons (Fsp3) is 0.316. The van der Waals surface area contributed by atoms with E-state index in [0.717, 1.165) is 5.75 Å². The van der Waals surface area contributed by atoms with E-state index in [9.17, 15) is 4.79 Å². The van der Waals surface area contributed by atoms with Gasteiger partial charge in [-0.15, -0.1) is 0 Å². The number of methoxy groups -OCH3 is 4. The van der Waals surface area contributed by atoms with E-state index in [1.165, 1.54) is 21.3 Å². The average molecular weight is 362 g/mol. The van der Waals surface area contributed by atoms with Crippen molar-refractivity contribution in [3.05, 3.63) is 42.0 Å². The maximum absolute atomic E-state index is 12.3. The van der Waals surface area contributed by atoms with Gasteiger partial charge in [0.15, 0.2) is 11.5 Å². The number of rotatable bonds is 9. The number of hydrogen-bond donors (Lipinski definition) is 0. The maximum Gasteiger partial charge on any atom is 0.342 e. The lowest BCUT2D eigenvalue weighted by Crippen LogP contribution is -2.13. The third-order valence-corrected chi connectivity index (χ3v) is 3.57. The van der Waals surface area contributed by atoms with Crippen molar-refractivity contribution in [2.75, 3.05) is 41.7 Å². The zero-order valence-corrected chi connectivity index (χ0v) is 15.2. The van der Waals surface area contributed by atoms with E-state index >= 15 is 0 Å². The molecule has 0 bridgehead atoms. The van der Waals surface area contributed by atoms with Gasteiger partial charge in [0.25, 0.3) is 0 Å². The first-order valence-electron chi connectivity index (χ1n) is 7.87. The van der Waals surface area contributed by atoms with Crippen LogP contribution in [-0.2, 0) is 4.74 Å². The topological polar surface area (TPSA) is 72.5 Å². The van der Waals surface area contributed by atoms with Crippen LogP contribution in [0.5, 0.6) is 28.7 Å². The van der Waals surface area contributed by atoms with E-state index in [0.29, 0.717) is 17.2 Å². The van der Waals surface area contributed by atoms with Crippen molar-refractivity contribution < 1.29 is 33.2 Å². The van der Waals surface area contributed by atoms with Crippen LogP contribution in [0.4, 0.5) is 0 Å². The quantitative estimate of drug-likeness (QED) is 0.501. The summed E-state index contributed by atoms with van der Waals surface area (Å²) in [6, 6.07) is 10.3. The van der Waals surface area contributed by atoms with Gasteiger partial charge >= 0.3 is 5.97 Å². The van der Waals surface area contributed by atoms with Crippen LogP contribution in [0.1, 0.15) is 10.4 Å². The molecule has 0 spiro atoms. The normalized spacial score (nSPS) is 10.0. The second kappa shape index (κ2) is 9.41. The summed E-state index contributed by atoms with van der Waals surface area (Å²) in [6.07, 6.45) is 0. The lowest BCUT2D eigenvalue weighted by Gasteiger charge is -2.15. The minimum atomic E-state index is -0.541. The summed E-state index contributed by atoms with van der Waals surface area (Å²) in [7, 11) is 6.02. The van der Waals surface area contributed by atoms with Crippen LogP contribution in [0.3, 0.4) is 0 Å². The Morgan fingerprint density at radius 2 is 1.38 bits per heavy atom. The maximum atomic E-state index is 12.3. The highest BCUT2D eigenvalue weighted by Gasteiger charge is 2.21. The van der Waals surface area contributed by atoms with Crippen molar-refractivity contribution in [3.63, 3.8) is 0 Å². The molecule has 0 aromatic heterocycles. The zero-order chi connectivity index (χ0) is 18.9. The second-order valence-electron chi connectivity index (χ2n) is 5.04. The van der Waals surface area contributed by atoms with E-state index in [1.54, 1.807) is 43.5 Å². The van der Waals surface area contributed by atoms with Gasteiger partial charge in [-0.3, -0.25) is 0 Å². The summed E-state index contributed by atoms with van der Waals surface area (Å²) in [4.78, 5) is 12.3. The summed E-state index contributed by atoms with van der Waals surface area (Å²) in [5, 5.41) is 0. The second-order valence-corrected chi connectivity index (χ2v) is 5.04. The largest absolute Gasteiger partial charge is 0.497 e. The Bertz CT molecular complexity index is 725. The van der Waals surface area contributed by atoms with Crippen molar-refractivity contribution >= 4 is 5.97 Å². The highest BCUT2D eigenvalue weighted by Crippen LogP contribution is 2.39. The molecule has 2 aromatic rings. The molecular formula is C19H22O7. The van der Waals surface area contributed by atoms with Crippen LogP contribution in [0.2, 0.25) is 0 Å². The smallest absolute Gasteiger partial charge is 0.342 e. The first-order valence-corrected chi connectivity index (χ1v) is 7.87. The van der Waals surface area contributed by atoms with E-state index < -0.39 is 5.97 Å². The highest BCUT2D eigenvalue weighted by molar-refractivity contribution is 5.94. The number of esters is 1. The Labute approximate surface area is 152 Å². The molecule has 0 heterocycles. The fourth-order valence-corrected chi connectivity index (χ4v) is 2.31. The van der Waals surface area contributed by atoms with E-state index in [-0.39, 0.29) is 24.5 Å². The van der Waals surface area contributed by atoms with Crippen LogP contribution in [-0.4, -0.2) is 47.6 Å². The molecule has 7 nitrogen and oxygen atoms in total. The molecule has 0 aliphatic carbocycles. The SMILES string of the molecule is COc1ccc(OCCOC(=O)c2ccc(OC)c(OC)c2OC)cc1. The molecule has 2 aromatic carbocycles. The van der Waals surface area contributed by atoms with Gasteiger partial charge in [0.2, 0.25) is 5.75 Å². The standard InChI is InChI=1S/C19H22O7/c1-21-13-5-7-14(8-6-13)25-11-12-26-19(20)15-9-10-16(22-2)18(24-4)17(15)23-3/h5-10H,11-12H2,1-4H3. The van der Waals surface area contributed by atoms with Crippen LogP contribution in [0.25, 0.3) is 0 Å². The Morgan fingerprint density at radius 1 is 0.731 bits per heavy atom. The third kappa shape index (κ3) is 4.50. The average Bonchev–Trinajstić information content (AvgIpc) is 2.70. The van der Waals surface area contributed by atoms with Gasteiger partial charge in [-0.25, -0.2) is 4.79 Å². The third-order valence-electron chi connectivity index (χ3n) is 3.57. The van der Waals surface area contributed by atoms with Gasteiger partial charge in [-0.1, -0.05) is 0 Å². The Morgan fingerprint density at radius 3 is 1.96 bits per heavy atom. The highest BCUT2D eigenvalue weighted by atomic mass is 16.6. The molecule has 140 valence electrons. The molecule has 0 N–H and O–H groups in total. The van der Waals surface area contributed by atoms with Gasteiger partial charge < -0.3 is 28.4 Å². The molecule has 0 unspecified atom stereocenters. The molecule has 0 aliphatic heterocycles. The first kappa shape index (κ1) is 19.2. The predicted molar refractivity (Wildman–Crippen MR) is 94.9 cm³/mol. The Balaban J connectivity index is 1.95. The van der Waals surface area contributed by atoms with Gasteiger partial charge in [-0.2, -0.15) is 0 Å². The molecule has 0 saturated heterocycles. The van der Waals surface area contributed by atoms with Crippen molar-refractivity contribution in [3.8, 4) is 28.7 Å². The number of ether oxygens (including phenoxy) is 6. The van der Waals surface area contributed by atoms with Crippen molar-refractivity contribution in [1.29, 1.82) is 0 Å². The molecule has 26 heavy (non-hydrogen) atoms. The zero-order valence-electron chi connectivity index (χ0n) is 15.2. The molecular weight excluding hydrogens is 340 g/mol. The van der Waals surface area contributed by atoms with Crippen molar-refractivity contribution in [2.24, 2.45) is 0 Å². The van der Waals surface area contributed by atoms with Crippen LogP contribution >= 0.6 is 0 Å². The Hall–Kier alpha value is -3.09. The lowest BCUT2D eigenvalue weighted by molar-refractivity contribution is 0.0446. The minimum Gasteiger partial charge on any atom is -0.497 e. The molecule has 7 heteroatoms. The summed E-state index contributed by atoms with van der Waals surface area (Å²) >= 11 is 0. The number of benzene rings is 2. The Kier molecular flexibility index (Phi) is 6.96. The van der Waals surface area contributed by atoms with Gasteiger partial charge in [0, 0.05) is 0 Å². The van der Waals surface area contributed by atoms with Crippen LogP contribution < -0.4 is 23.7 Å². The van der Waals surface area contributed by atoms with E-state index in [2.05, 4.69) is 0 Å². The number of carbonyl (C=O) groups is 1. The summed E-state index contributed by atoms with van der Waals surface area (Å²) < 4.78 is 31.6. The van der Waals surface area contributed by atoms with Gasteiger partial charge in [-0.05, 0) is 36.4 Å². The minimum absolute atomic E-state index is 0.0857. The summed E-state index contributed by atoms with van der Waals surface area (Å²) in [5.41, 5.74) is 0.245. The van der Waals surface area contributed by atoms with E-state index in [1.807, 2.05) is 0 Å². The monoisotopic (exact) mass is 362 g/mol. The first-order chi connectivity index (χ1) is 12.6. The molecule has 0 amide bonds. The molecule has 0 saturated carbocycles. The van der Waals surface area contributed by atoms with Gasteiger partial charge in [0.05, 0.1) is 28.4 Å². The van der Waals surface area contributed by atoms with Crippen LogP contribution in [0.15, 0.2) is 36.4 Å². The molecule has 0 radical (unpaired) electrons. The predicted octanol–water partition coefficient (Wildman–Crippen LogP) is 2.96. The van der Waals surface area contributed by atoms with Crippen molar-refractivity contribution in [2.45, 2.75) is 0 Å². The number of hydrogen-bond acceptors (Lipinski definition) is 7. The van der Waals surface area contributed by atoms with Crippen LogP contribution in [0, 0.1) is 0 Å². The van der Waals surface area contributed by atoms with E-state index in [4.69, 9.17) is 28.4 Å². The molecule has 0 atom stereocenters. The number of carbonyl (C=O) groups excluding carboxylic acids is 1. The van der Waals surface area contributed by atoms with Crippen molar-refractivity contribution in [1.82, 2.24) is 0 Å². The lowest BCUT2D eigenvalue weighted by atomic mass is 10.1.